The van der Waals surface area contributed by atoms with E-state index in [1.807, 2.05) is 23.1 Å². The van der Waals surface area contributed by atoms with E-state index in [0.29, 0.717) is 48.5 Å². The third kappa shape index (κ3) is 3.56. The number of carbonyl (C=O) groups excluding carboxylic acids is 1. The number of nitrogens with zero attached hydrogens (tertiary/aromatic N) is 5. The molecule has 3 aromatic rings. The van der Waals surface area contributed by atoms with Gasteiger partial charge in [-0.25, -0.2) is 4.98 Å². The maximum atomic E-state index is 11.8. The Morgan fingerprint density at radius 3 is 2.53 bits per heavy atom. The number of ether oxygens (including phenoxy) is 2. The molecule has 1 unspecified atom stereocenters. The Hall–Kier alpha value is -2.85. The van der Waals surface area contributed by atoms with Gasteiger partial charge < -0.3 is 19.5 Å². The Kier molecular flexibility index (Phi) is 5.52. The number of aromatic nitrogens is 3. The van der Waals surface area contributed by atoms with Gasteiger partial charge in [0.25, 0.3) is 0 Å². The second kappa shape index (κ2) is 8.11. The molecule has 1 N–H and O–H groups in total. The van der Waals surface area contributed by atoms with Gasteiger partial charge in [0.2, 0.25) is 16.7 Å². The zero-order valence-corrected chi connectivity index (χ0v) is 18.3. The standard InChI is InChI=1S/C20H25N5O4S/c1-12-21-20-25(22-12)19(27)18(30-20)17(24-9-7-23(8-10-24)13(2)26)15-6-5-14(28-3)11-16(15)29-4/h5-6,11,17,27H,7-10H2,1-4H3. The second-order valence-electron chi connectivity index (χ2n) is 7.20. The van der Waals surface area contributed by atoms with E-state index >= 15 is 0 Å². The molecule has 1 aliphatic rings. The molecule has 2 aromatic heterocycles. The van der Waals surface area contributed by atoms with Gasteiger partial charge in [-0.2, -0.15) is 4.52 Å². The Morgan fingerprint density at radius 1 is 1.20 bits per heavy atom. The van der Waals surface area contributed by atoms with E-state index < -0.39 is 0 Å². The topological polar surface area (TPSA) is 92.4 Å². The molecule has 1 aromatic carbocycles. The summed E-state index contributed by atoms with van der Waals surface area (Å²) in [5.74, 6) is 2.12. The molecule has 0 radical (unpaired) electrons. The number of amides is 1. The summed E-state index contributed by atoms with van der Waals surface area (Å²) in [7, 11) is 3.23. The van der Waals surface area contributed by atoms with Gasteiger partial charge >= 0.3 is 0 Å². The van der Waals surface area contributed by atoms with Crippen molar-refractivity contribution in [3.63, 3.8) is 0 Å². The van der Waals surface area contributed by atoms with Crippen molar-refractivity contribution in [1.29, 1.82) is 0 Å². The van der Waals surface area contributed by atoms with Crippen LogP contribution in [0.3, 0.4) is 0 Å². The van der Waals surface area contributed by atoms with Crippen LogP contribution in [0.1, 0.15) is 29.2 Å². The monoisotopic (exact) mass is 431 g/mol. The Morgan fingerprint density at radius 2 is 1.93 bits per heavy atom. The zero-order valence-electron chi connectivity index (χ0n) is 17.5. The van der Waals surface area contributed by atoms with E-state index in [-0.39, 0.29) is 17.8 Å². The van der Waals surface area contributed by atoms with Crippen LogP contribution in [-0.4, -0.2) is 75.8 Å². The van der Waals surface area contributed by atoms with Crippen molar-refractivity contribution >= 4 is 22.2 Å². The Balaban J connectivity index is 1.80. The predicted molar refractivity (Wildman–Crippen MR) is 112 cm³/mol. The third-order valence-electron chi connectivity index (χ3n) is 5.41. The van der Waals surface area contributed by atoms with Gasteiger partial charge in [-0.05, 0) is 19.1 Å². The van der Waals surface area contributed by atoms with Crippen LogP contribution in [0.2, 0.25) is 0 Å². The first kappa shape index (κ1) is 20.4. The molecular weight excluding hydrogens is 406 g/mol. The number of piperazine rings is 1. The summed E-state index contributed by atoms with van der Waals surface area (Å²) < 4.78 is 12.5. The highest BCUT2D eigenvalue weighted by atomic mass is 32.1. The SMILES string of the molecule is COc1ccc(C(c2sc3nc(C)nn3c2O)N2CCN(C(C)=O)CC2)c(OC)c1. The summed E-state index contributed by atoms with van der Waals surface area (Å²) in [6, 6.07) is 5.41. The van der Waals surface area contributed by atoms with Gasteiger partial charge in [-0.3, -0.25) is 9.69 Å². The fourth-order valence-electron chi connectivity index (χ4n) is 3.87. The molecule has 1 aliphatic heterocycles. The van der Waals surface area contributed by atoms with Crippen LogP contribution in [-0.2, 0) is 4.79 Å². The van der Waals surface area contributed by atoms with E-state index in [1.54, 1.807) is 28.1 Å². The Bertz CT molecular complexity index is 1070. The third-order valence-corrected chi connectivity index (χ3v) is 6.49. The highest BCUT2D eigenvalue weighted by molar-refractivity contribution is 7.17. The highest BCUT2D eigenvalue weighted by Crippen LogP contribution is 2.43. The van der Waals surface area contributed by atoms with Crippen molar-refractivity contribution in [2.45, 2.75) is 19.9 Å². The van der Waals surface area contributed by atoms with Crippen molar-refractivity contribution in [3.8, 4) is 17.4 Å². The van der Waals surface area contributed by atoms with Gasteiger partial charge in [0.1, 0.15) is 17.3 Å². The largest absolute Gasteiger partial charge is 0.497 e. The predicted octanol–water partition coefficient (Wildman–Crippen LogP) is 2.08. The minimum Gasteiger partial charge on any atom is -0.497 e. The van der Waals surface area contributed by atoms with Crippen molar-refractivity contribution in [1.82, 2.24) is 24.4 Å². The van der Waals surface area contributed by atoms with E-state index in [4.69, 9.17) is 9.47 Å². The van der Waals surface area contributed by atoms with Crippen molar-refractivity contribution in [2.24, 2.45) is 0 Å². The van der Waals surface area contributed by atoms with Gasteiger partial charge in [-0.1, -0.05) is 11.3 Å². The fraction of sp³-hybridized carbons (Fsp3) is 0.450. The molecule has 0 bridgehead atoms. The number of thiazole rings is 1. The molecule has 30 heavy (non-hydrogen) atoms. The number of methoxy groups -OCH3 is 2. The molecule has 4 rings (SSSR count). The first-order chi connectivity index (χ1) is 14.4. The number of aromatic hydroxyl groups is 1. The minimum absolute atomic E-state index is 0.0744. The van der Waals surface area contributed by atoms with Crippen molar-refractivity contribution in [3.05, 3.63) is 34.5 Å². The van der Waals surface area contributed by atoms with Gasteiger partial charge in [-0.15, -0.1) is 5.10 Å². The van der Waals surface area contributed by atoms with Crippen LogP contribution < -0.4 is 9.47 Å². The molecule has 0 aliphatic carbocycles. The van der Waals surface area contributed by atoms with Crippen LogP contribution in [0.25, 0.3) is 4.96 Å². The van der Waals surface area contributed by atoms with Crippen LogP contribution in [0, 0.1) is 6.92 Å². The molecule has 0 saturated carbocycles. The molecule has 3 heterocycles. The Labute approximate surface area is 178 Å². The number of aryl methyl sites for hydroxylation is 1. The lowest BCUT2D eigenvalue weighted by molar-refractivity contribution is -0.130. The van der Waals surface area contributed by atoms with Gasteiger partial charge in [0, 0.05) is 44.7 Å². The molecule has 1 amide bonds. The second-order valence-corrected chi connectivity index (χ2v) is 8.20. The molecular formula is C20H25N5O4S. The summed E-state index contributed by atoms with van der Waals surface area (Å²) in [4.78, 5) is 21.6. The number of carbonyl (C=O) groups is 1. The number of hydrogen-bond acceptors (Lipinski definition) is 8. The highest BCUT2D eigenvalue weighted by Gasteiger charge is 2.34. The van der Waals surface area contributed by atoms with Crippen LogP contribution >= 0.6 is 11.3 Å². The number of hydrogen-bond donors (Lipinski definition) is 1. The average molecular weight is 432 g/mol. The van der Waals surface area contributed by atoms with E-state index in [0.717, 1.165) is 10.4 Å². The van der Waals surface area contributed by atoms with Crippen LogP contribution in [0.5, 0.6) is 17.4 Å². The zero-order chi connectivity index (χ0) is 21.4. The smallest absolute Gasteiger partial charge is 0.230 e. The number of rotatable bonds is 5. The lowest BCUT2D eigenvalue weighted by Crippen LogP contribution is -2.49. The summed E-state index contributed by atoms with van der Waals surface area (Å²) in [5, 5.41) is 15.3. The van der Waals surface area contributed by atoms with Crippen molar-refractivity contribution in [2.75, 3.05) is 40.4 Å². The molecule has 0 spiro atoms. The minimum atomic E-state index is -0.270. The fourth-order valence-corrected chi connectivity index (χ4v) is 5.02. The first-order valence-electron chi connectivity index (χ1n) is 9.69. The first-order valence-corrected chi connectivity index (χ1v) is 10.5. The molecule has 1 fully saturated rings. The quantitative estimate of drug-likeness (QED) is 0.661. The van der Waals surface area contributed by atoms with Crippen LogP contribution in [0.4, 0.5) is 0 Å². The normalized spacial score (nSPS) is 16.1. The lowest BCUT2D eigenvalue weighted by atomic mass is 10.0. The summed E-state index contributed by atoms with van der Waals surface area (Å²) >= 11 is 1.41. The molecule has 9 nitrogen and oxygen atoms in total. The molecule has 160 valence electrons. The lowest BCUT2D eigenvalue weighted by Gasteiger charge is -2.39. The van der Waals surface area contributed by atoms with Gasteiger partial charge in [0.15, 0.2) is 0 Å². The van der Waals surface area contributed by atoms with E-state index in [2.05, 4.69) is 15.0 Å². The van der Waals surface area contributed by atoms with Gasteiger partial charge in [0.05, 0.1) is 25.1 Å². The van der Waals surface area contributed by atoms with Crippen molar-refractivity contribution < 1.29 is 19.4 Å². The van der Waals surface area contributed by atoms with E-state index in [9.17, 15) is 9.90 Å². The molecule has 1 atom stereocenters. The summed E-state index contributed by atoms with van der Waals surface area (Å²) in [6.45, 7) is 5.99. The number of benzene rings is 1. The van der Waals surface area contributed by atoms with Crippen LogP contribution in [0.15, 0.2) is 18.2 Å². The summed E-state index contributed by atoms with van der Waals surface area (Å²) in [5.41, 5.74) is 0.908. The summed E-state index contributed by atoms with van der Waals surface area (Å²) in [6.07, 6.45) is 0. The maximum Gasteiger partial charge on any atom is 0.230 e. The van der Waals surface area contributed by atoms with E-state index in [1.165, 1.54) is 15.9 Å². The molecule has 1 saturated heterocycles. The molecule has 10 heteroatoms. The maximum absolute atomic E-state index is 11.8. The number of fused-ring (bicyclic) bond motifs is 1. The average Bonchev–Trinajstić information content (AvgIpc) is 3.26.